The number of rotatable bonds is 6. The molecule has 0 aliphatic rings. The Morgan fingerprint density at radius 1 is 1.40 bits per heavy atom. The molecule has 0 saturated carbocycles. The average molecular weight is 205 g/mol. The highest BCUT2D eigenvalue weighted by Gasteiger charge is 1.96. The Hall–Kier alpha value is -1.38. The van der Waals surface area contributed by atoms with Crippen LogP contribution in [-0.2, 0) is 6.42 Å². The number of nitrogens with zero attached hydrogens (tertiary/aromatic N) is 2. The average Bonchev–Trinajstić information content (AvgIpc) is 2.26. The molecule has 0 aliphatic carbocycles. The van der Waals surface area contributed by atoms with Crippen molar-refractivity contribution in [1.82, 2.24) is 9.97 Å². The summed E-state index contributed by atoms with van der Waals surface area (Å²) >= 11 is 0. The largest absolute Gasteiger partial charge is 0.370 e. The second-order valence-electron chi connectivity index (χ2n) is 3.43. The van der Waals surface area contributed by atoms with Crippen molar-refractivity contribution >= 4 is 5.82 Å². The molecular formula is C12H19N3. The molecule has 1 aromatic heterocycles. The summed E-state index contributed by atoms with van der Waals surface area (Å²) in [6, 6.07) is 2.03. The van der Waals surface area contributed by atoms with Gasteiger partial charge in [-0.1, -0.05) is 25.5 Å². The zero-order valence-electron chi connectivity index (χ0n) is 9.53. The first-order chi connectivity index (χ1) is 7.36. The van der Waals surface area contributed by atoms with E-state index in [-0.39, 0.29) is 0 Å². The Morgan fingerprint density at radius 2 is 2.27 bits per heavy atom. The molecule has 0 fully saturated rings. The van der Waals surface area contributed by atoms with E-state index in [1.807, 2.05) is 13.0 Å². The van der Waals surface area contributed by atoms with Gasteiger partial charge in [-0.15, -0.1) is 0 Å². The van der Waals surface area contributed by atoms with Gasteiger partial charge in [0.1, 0.15) is 12.1 Å². The van der Waals surface area contributed by atoms with Crippen LogP contribution in [0.1, 0.15) is 32.4 Å². The molecule has 0 atom stereocenters. The molecule has 0 aliphatic heterocycles. The van der Waals surface area contributed by atoms with Gasteiger partial charge < -0.3 is 5.32 Å². The topological polar surface area (TPSA) is 37.8 Å². The monoisotopic (exact) mass is 205 g/mol. The highest BCUT2D eigenvalue weighted by Crippen LogP contribution is 2.05. The molecule has 0 unspecified atom stereocenters. The number of aromatic nitrogens is 2. The first-order valence-corrected chi connectivity index (χ1v) is 5.52. The molecule has 0 radical (unpaired) electrons. The number of nitrogens with one attached hydrogen (secondary N) is 1. The Bertz CT molecular complexity index is 307. The second-order valence-corrected chi connectivity index (χ2v) is 3.43. The fourth-order valence-electron chi connectivity index (χ4n) is 1.34. The van der Waals surface area contributed by atoms with E-state index in [1.165, 1.54) is 0 Å². The molecule has 3 nitrogen and oxygen atoms in total. The standard InChI is InChI=1S/C12H19N3/c1-3-5-6-8-13-12-9-11(7-4-2)14-10-15-12/h3,5,9-10H,4,6-8H2,1-2H3,(H,13,14,15)/b5-3+. The van der Waals surface area contributed by atoms with Crippen molar-refractivity contribution in [3.8, 4) is 0 Å². The summed E-state index contributed by atoms with van der Waals surface area (Å²) in [6.07, 6.45) is 9.00. The fourth-order valence-corrected chi connectivity index (χ4v) is 1.34. The van der Waals surface area contributed by atoms with Crippen molar-refractivity contribution in [3.63, 3.8) is 0 Å². The number of anilines is 1. The van der Waals surface area contributed by atoms with Gasteiger partial charge in [0.25, 0.3) is 0 Å². The summed E-state index contributed by atoms with van der Waals surface area (Å²) in [4.78, 5) is 8.38. The van der Waals surface area contributed by atoms with E-state index in [0.29, 0.717) is 0 Å². The van der Waals surface area contributed by atoms with Crippen LogP contribution in [0.5, 0.6) is 0 Å². The number of aryl methyl sites for hydroxylation is 1. The molecule has 0 spiro atoms. The van der Waals surface area contributed by atoms with Crippen molar-refractivity contribution in [3.05, 3.63) is 30.2 Å². The lowest BCUT2D eigenvalue weighted by Gasteiger charge is -2.04. The molecule has 3 heteroatoms. The molecule has 15 heavy (non-hydrogen) atoms. The minimum absolute atomic E-state index is 0.924. The summed E-state index contributed by atoms with van der Waals surface area (Å²) in [6.45, 7) is 5.11. The van der Waals surface area contributed by atoms with Gasteiger partial charge in [-0.2, -0.15) is 0 Å². The smallest absolute Gasteiger partial charge is 0.129 e. The zero-order chi connectivity index (χ0) is 10.9. The molecule has 1 heterocycles. The molecule has 0 amide bonds. The number of hydrogen-bond acceptors (Lipinski definition) is 3. The van der Waals surface area contributed by atoms with E-state index in [2.05, 4.69) is 34.4 Å². The van der Waals surface area contributed by atoms with Gasteiger partial charge >= 0.3 is 0 Å². The molecular weight excluding hydrogens is 186 g/mol. The number of hydrogen-bond donors (Lipinski definition) is 1. The lowest BCUT2D eigenvalue weighted by Crippen LogP contribution is -2.03. The molecule has 0 saturated heterocycles. The molecule has 1 aromatic rings. The van der Waals surface area contributed by atoms with Crippen LogP contribution in [-0.4, -0.2) is 16.5 Å². The zero-order valence-corrected chi connectivity index (χ0v) is 9.53. The molecule has 1 N–H and O–H groups in total. The van der Waals surface area contributed by atoms with Gasteiger partial charge in [-0.3, -0.25) is 0 Å². The predicted molar refractivity (Wildman–Crippen MR) is 63.9 cm³/mol. The molecule has 0 aromatic carbocycles. The lowest BCUT2D eigenvalue weighted by molar-refractivity contribution is 0.871. The minimum Gasteiger partial charge on any atom is -0.370 e. The Labute approximate surface area is 91.7 Å². The predicted octanol–water partition coefficient (Wildman–Crippen LogP) is 2.81. The van der Waals surface area contributed by atoms with Crippen molar-refractivity contribution in [2.75, 3.05) is 11.9 Å². The van der Waals surface area contributed by atoms with Crippen molar-refractivity contribution in [1.29, 1.82) is 0 Å². The first-order valence-electron chi connectivity index (χ1n) is 5.52. The van der Waals surface area contributed by atoms with Crippen LogP contribution < -0.4 is 5.32 Å². The van der Waals surface area contributed by atoms with E-state index in [0.717, 1.165) is 37.3 Å². The fraction of sp³-hybridized carbons (Fsp3) is 0.500. The lowest BCUT2D eigenvalue weighted by atomic mass is 10.2. The maximum absolute atomic E-state index is 4.21. The van der Waals surface area contributed by atoms with Crippen molar-refractivity contribution in [2.24, 2.45) is 0 Å². The number of allylic oxidation sites excluding steroid dienone is 1. The Balaban J connectivity index is 2.42. The van der Waals surface area contributed by atoms with E-state index < -0.39 is 0 Å². The Morgan fingerprint density at radius 3 is 3.00 bits per heavy atom. The Kier molecular flexibility index (Phi) is 5.44. The van der Waals surface area contributed by atoms with Crippen LogP contribution in [0.25, 0.3) is 0 Å². The summed E-state index contributed by atoms with van der Waals surface area (Å²) < 4.78 is 0. The summed E-state index contributed by atoms with van der Waals surface area (Å²) in [5.41, 5.74) is 1.11. The summed E-state index contributed by atoms with van der Waals surface area (Å²) in [7, 11) is 0. The molecule has 0 bridgehead atoms. The normalized spacial score (nSPS) is 10.8. The first kappa shape index (κ1) is 11.7. The second kappa shape index (κ2) is 6.98. The van der Waals surface area contributed by atoms with E-state index in [9.17, 15) is 0 Å². The maximum Gasteiger partial charge on any atom is 0.129 e. The van der Waals surface area contributed by atoms with Crippen LogP contribution in [0, 0.1) is 0 Å². The third kappa shape index (κ3) is 4.58. The highest BCUT2D eigenvalue weighted by atomic mass is 15.0. The SMILES string of the molecule is C/C=C/CCNc1cc(CCC)ncn1. The third-order valence-corrected chi connectivity index (χ3v) is 2.08. The van der Waals surface area contributed by atoms with Crippen LogP contribution in [0.15, 0.2) is 24.5 Å². The quantitative estimate of drug-likeness (QED) is 0.573. The summed E-state index contributed by atoms with van der Waals surface area (Å²) in [5, 5.41) is 3.28. The maximum atomic E-state index is 4.21. The van der Waals surface area contributed by atoms with Crippen LogP contribution in [0.4, 0.5) is 5.82 Å². The molecule has 82 valence electrons. The van der Waals surface area contributed by atoms with Gasteiger partial charge in [-0.05, 0) is 19.8 Å². The van der Waals surface area contributed by atoms with Gasteiger partial charge in [0.15, 0.2) is 0 Å². The van der Waals surface area contributed by atoms with Crippen LogP contribution in [0.3, 0.4) is 0 Å². The van der Waals surface area contributed by atoms with Gasteiger partial charge in [-0.25, -0.2) is 9.97 Å². The van der Waals surface area contributed by atoms with Crippen LogP contribution in [0.2, 0.25) is 0 Å². The highest BCUT2D eigenvalue weighted by molar-refractivity contribution is 5.34. The van der Waals surface area contributed by atoms with E-state index in [1.54, 1.807) is 6.33 Å². The summed E-state index contributed by atoms with van der Waals surface area (Å²) in [5.74, 6) is 0.929. The van der Waals surface area contributed by atoms with E-state index in [4.69, 9.17) is 0 Å². The van der Waals surface area contributed by atoms with Gasteiger partial charge in [0, 0.05) is 18.3 Å². The van der Waals surface area contributed by atoms with Crippen molar-refractivity contribution < 1.29 is 0 Å². The van der Waals surface area contributed by atoms with Gasteiger partial charge in [0.05, 0.1) is 0 Å². The van der Waals surface area contributed by atoms with Gasteiger partial charge in [0.2, 0.25) is 0 Å². The van der Waals surface area contributed by atoms with Crippen LogP contribution >= 0.6 is 0 Å². The minimum atomic E-state index is 0.924. The van der Waals surface area contributed by atoms with Crippen molar-refractivity contribution in [2.45, 2.75) is 33.1 Å². The molecule has 1 rings (SSSR count). The van der Waals surface area contributed by atoms with E-state index >= 15 is 0 Å². The third-order valence-electron chi connectivity index (χ3n) is 2.08.